The second kappa shape index (κ2) is 9.33. The molecule has 0 fully saturated rings. The summed E-state index contributed by atoms with van der Waals surface area (Å²) in [7, 11) is 0. The molecule has 6 heteroatoms. The maximum atomic E-state index is 12.7. The standard InChI is InChI=1S/C25H30N2O4/c1-17(24(30)27-16-14-18-7-5-6-8-21(18)27)31-22(28)13-15-26-23(29)19-9-11-20(12-10-19)25(2,3)4/h5-12,17H,13-16H2,1-4H3,(H,26,29). The lowest BCUT2D eigenvalue weighted by atomic mass is 9.87. The van der Waals surface area contributed by atoms with E-state index in [9.17, 15) is 14.4 Å². The first kappa shape index (κ1) is 22.5. The van der Waals surface area contributed by atoms with E-state index in [-0.39, 0.29) is 30.2 Å². The number of nitrogens with one attached hydrogen (secondary N) is 1. The molecule has 1 N–H and O–H groups in total. The molecule has 1 heterocycles. The Labute approximate surface area is 183 Å². The Morgan fingerprint density at radius 1 is 1.06 bits per heavy atom. The van der Waals surface area contributed by atoms with Crippen LogP contribution in [0.15, 0.2) is 48.5 Å². The smallest absolute Gasteiger partial charge is 0.308 e. The third-order valence-electron chi connectivity index (χ3n) is 5.44. The monoisotopic (exact) mass is 422 g/mol. The summed E-state index contributed by atoms with van der Waals surface area (Å²) in [5.74, 6) is -0.996. The molecule has 2 amide bonds. The zero-order chi connectivity index (χ0) is 22.6. The highest BCUT2D eigenvalue weighted by molar-refractivity contribution is 5.99. The van der Waals surface area contributed by atoms with Crippen LogP contribution in [0.1, 0.15) is 55.6 Å². The van der Waals surface area contributed by atoms with Crippen LogP contribution in [-0.4, -0.2) is 37.0 Å². The number of esters is 1. The maximum absolute atomic E-state index is 12.7. The van der Waals surface area contributed by atoms with E-state index in [0.29, 0.717) is 12.1 Å². The Bertz CT molecular complexity index is 960. The largest absolute Gasteiger partial charge is 0.452 e. The summed E-state index contributed by atoms with van der Waals surface area (Å²) in [6.45, 7) is 8.65. The van der Waals surface area contributed by atoms with Crippen molar-refractivity contribution in [2.45, 2.75) is 52.1 Å². The zero-order valence-electron chi connectivity index (χ0n) is 18.6. The van der Waals surface area contributed by atoms with E-state index in [2.05, 4.69) is 26.1 Å². The van der Waals surface area contributed by atoms with Crippen molar-refractivity contribution >= 4 is 23.5 Å². The topological polar surface area (TPSA) is 75.7 Å². The van der Waals surface area contributed by atoms with Crippen molar-refractivity contribution in [3.63, 3.8) is 0 Å². The molecule has 0 aromatic heterocycles. The van der Waals surface area contributed by atoms with Crippen LogP contribution in [0.25, 0.3) is 0 Å². The quantitative estimate of drug-likeness (QED) is 0.722. The van der Waals surface area contributed by atoms with E-state index >= 15 is 0 Å². The van der Waals surface area contributed by atoms with E-state index in [1.807, 2.05) is 36.4 Å². The van der Waals surface area contributed by atoms with Crippen molar-refractivity contribution in [1.82, 2.24) is 5.32 Å². The molecule has 1 aliphatic heterocycles. The summed E-state index contributed by atoms with van der Waals surface area (Å²) >= 11 is 0. The van der Waals surface area contributed by atoms with Crippen molar-refractivity contribution in [2.24, 2.45) is 0 Å². The van der Waals surface area contributed by atoms with Gasteiger partial charge in [-0.1, -0.05) is 51.1 Å². The van der Waals surface area contributed by atoms with Gasteiger partial charge in [-0.25, -0.2) is 0 Å². The third kappa shape index (κ3) is 5.51. The number of fused-ring (bicyclic) bond motifs is 1. The van der Waals surface area contributed by atoms with Crippen LogP contribution in [0.3, 0.4) is 0 Å². The highest BCUT2D eigenvalue weighted by Crippen LogP contribution is 2.28. The molecule has 0 saturated heterocycles. The molecular formula is C25H30N2O4. The Kier molecular flexibility index (Phi) is 6.78. The summed E-state index contributed by atoms with van der Waals surface area (Å²) < 4.78 is 5.30. The fourth-order valence-corrected chi connectivity index (χ4v) is 3.59. The van der Waals surface area contributed by atoms with Crippen LogP contribution in [0.2, 0.25) is 0 Å². The van der Waals surface area contributed by atoms with Crippen molar-refractivity contribution in [2.75, 3.05) is 18.0 Å². The van der Waals surface area contributed by atoms with E-state index in [1.54, 1.807) is 24.0 Å². The van der Waals surface area contributed by atoms with Gasteiger partial charge in [-0.3, -0.25) is 14.4 Å². The zero-order valence-corrected chi connectivity index (χ0v) is 18.6. The predicted molar refractivity (Wildman–Crippen MR) is 120 cm³/mol. The number of amides is 2. The second-order valence-corrected chi connectivity index (χ2v) is 8.83. The van der Waals surface area contributed by atoms with Gasteiger partial charge in [0, 0.05) is 24.3 Å². The van der Waals surface area contributed by atoms with Crippen LogP contribution in [-0.2, 0) is 26.2 Å². The molecule has 0 spiro atoms. The molecule has 1 unspecified atom stereocenters. The molecule has 6 nitrogen and oxygen atoms in total. The van der Waals surface area contributed by atoms with Crippen molar-refractivity contribution < 1.29 is 19.1 Å². The Morgan fingerprint density at radius 3 is 2.42 bits per heavy atom. The molecule has 0 bridgehead atoms. The summed E-state index contributed by atoms with van der Waals surface area (Å²) in [6.07, 6.45) is -0.0787. The molecule has 3 rings (SSSR count). The lowest BCUT2D eigenvalue weighted by Gasteiger charge is -2.21. The number of hydrogen-bond donors (Lipinski definition) is 1. The van der Waals surface area contributed by atoms with Gasteiger partial charge in [0.25, 0.3) is 11.8 Å². The summed E-state index contributed by atoms with van der Waals surface area (Å²) in [4.78, 5) is 38.8. The van der Waals surface area contributed by atoms with Crippen molar-refractivity contribution in [3.8, 4) is 0 Å². The lowest BCUT2D eigenvalue weighted by molar-refractivity contribution is -0.153. The van der Waals surface area contributed by atoms with Crippen LogP contribution >= 0.6 is 0 Å². The molecule has 2 aromatic carbocycles. The average Bonchev–Trinajstić information content (AvgIpc) is 3.16. The minimum Gasteiger partial charge on any atom is -0.452 e. The summed E-state index contributed by atoms with van der Waals surface area (Å²) in [6, 6.07) is 15.2. The number of nitrogens with zero attached hydrogens (tertiary/aromatic N) is 1. The lowest BCUT2D eigenvalue weighted by Crippen LogP contribution is -2.39. The van der Waals surface area contributed by atoms with E-state index in [0.717, 1.165) is 23.2 Å². The number of hydrogen-bond acceptors (Lipinski definition) is 4. The van der Waals surface area contributed by atoms with Gasteiger partial charge >= 0.3 is 5.97 Å². The third-order valence-corrected chi connectivity index (χ3v) is 5.44. The Morgan fingerprint density at radius 2 is 1.74 bits per heavy atom. The minimum absolute atomic E-state index is 0.0000215. The second-order valence-electron chi connectivity index (χ2n) is 8.83. The number of carbonyl (C=O) groups excluding carboxylic acids is 3. The number of rotatable bonds is 6. The Hall–Kier alpha value is -3.15. The van der Waals surface area contributed by atoms with Crippen LogP contribution in [0.5, 0.6) is 0 Å². The van der Waals surface area contributed by atoms with Gasteiger partial charge in [0.1, 0.15) is 0 Å². The van der Waals surface area contributed by atoms with Crippen molar-refractivity contribution in [1.29, 1.82) is 0 Å². The molecule has 164 valence electrons. The minimum atomic E-state index is -0.876. The molecule has 2 aromatic rings. The molecule has 1 atom stereocenters. The van der Waals surface area contributed by atoms with E-state index in [1.165, 1.54) is 0 Å². The van der Waals surface area contributed by atoms with Crippen LogP contribution < -0.4 is 10.2 Å². The average molecular weight is 423 g/mol. The van der Waals surface area contributed by atoms with Gasteiger partial charge in [-0.05, 0) is 48.1 Å². The number of anilines is 1. The highest BCUT2D eigenvalue weighted by atomic mass is 16.5. The normalized spacial score (nSPS) is 14.0. The molecule has 31 heavy (non-hydrogen) atoms. The van der Waals surface area contributed by atoms with Crippen molar-refractivity contribution in [3.05, 3.63) is 65.2 Å². The van der Waals surface area contributed by atoms with Gasteiger partial charge < -0.3 is 15.0 Å². The fourth-order valence-electron chi connectivity index (χ4n) is 3.59. The fraction of sp³-hybridized carbons (Fsp3) is 0.400. The number of ether oxygens (including phenoxy) is 1. The number of benzene rings is 2. The van der Waals surface area contributed by atoms with Crippen LogP contribution in [0.4, 0.5) is 5.69 Å². The predicted octanol–water partition coefficient (Wildman–Crippen LogP) is 3.63. The van der Waals surface area contributed by atoms with Gasteiger partial charge in [0.15, 0.2) is 6.10 Å². The first-order chi connectivity index (χ1) is 14.7. The van der Waals surface area contributed by atoms with E-state index < -0.39 is 12.1 Å². The maximum Gasteiger partial charge on any atom is 0.308 e. The van der Waals surface area contributed by atoms with E-state index in [4.69, 9.17) is 4.74 Å². The molecule has 1 aliphatic rings. The van der Waals surface area contributed by atoms with Gasteiger partial charge in [-0.2, -0.15) is 0 Å². The summed E-state index contributed by atoms with van der Waals surface area (Å²) in [5, 5.41) is 2.72. The highest BCUT2D eigenvalue weighted by Gasteiger charge is 2.29. The number of carbonyl (C=O) groups is 3. The molecule has 0 aliphatic carbocycles. The molecule has 0 saturated carbocycles. The summed E-state index contributed by atoms with van der Waals surface area (Å²) in [5.41, 5.74) is 3.70. The first-order valence-corrected chi connectivity index (χ1v) is 10.6. The molecule has 0 radical (unpaired) electrons. The van der Waals surface area contributed by atoms with Gasteiger partial charge in [0.2, 0.25) is 0 Å². The first-order valence-electron chi connectivity index (χ1n) is 10.6. The molecular weight excluding hydrogens is 392 g/mol. The SMILES string of the molecule is CC(OC(=O)CCNC(=O)c1ccc(C(C)(C)C)cc1)C(=O)N1CCc2ccccc21. The number of para-hydroxylation sites is 1. The Balaban J connectivity index is 1.45. The van der Waals surface area contributed by atoms with Crippen LogP contribution in [0, 0.1) is 0 Å². The van der Waals surface area contributed by atoms with Gasteiger partial charge in [-0.15, -0.1) is 0 Å². The van der Waals surface area contributed by atoms with Gasteiger partial charge in [0.05, 0.1) is 6.42 Å².